The molecule has 1 aliphatic rings. The van der Waals surface area contributed by atoms with E-state index >= 15 is 0 Å². The number of hydrogen-bond donors (Lipinski definition) is 2. The minimum absolute atomic E-state index is 0.0300. The fraction of sp³-hybridized carbons (Fsp3) is 0.375. The van der Waals surface area contributed by atoms with Gasteiger partial charge >= 0.3 is 5.97 Å². The lowest BCUT2D eigenvalue weighted by molar-refractivity contribution is -0.143. The van der Waals surface area contributed by atoms with E-state index in [2.05, 4.69) is 5.32 Å². The third-order valence-corrected chi connectivity index (χ3v) is 5.12. The Morgan fingerprint density at radius 3 is 2.81 bits per heavy atom. The highest BCUT2D eigenvalue weighted by molar-refractivity contribution is 7.20. The molecule has 2 aromatic rings. The van der Waals surface area contributed by atoms with Crippen LogP contribution in [0.3, 0.4) is 0 Å². The smallest absolute Gasteiger partial charge is 0.306 e. The minimum atomic E-state index is -0.754. The van der Waals surface area contributed by atoms with Gasteiger partial charge in [0.1, 0.15) is 0 Å². The number of hydrogen-bond acceptors (Lipinski definition) is 3. The van der Waals surface area contributed by atoms with Gasteiger partial charge in [0, 0.05) is 10.7 Å². The van der Waals surface area contributed by atoms with Crippen LogP contribution < -0.4 is 5.32 Å². The van der Waals surface area contributed by atoms with E-state index in [0.717, 1.165) is 22.9 Å². The Morgan fingerprint density at radius 2 is 2.05 bits per heavy atom. The molecule has 1 saturated carbocycles. The highest BCUT2D eigenvalue weighted by Crippen LogP contribution is 2.27. The molecule has 1 aromatic heterocycles. The first-order chi connectivity index (χ1) is 10.1. The molecule has 0 spiro atoms. The van der Waals surface area contributed by atoms with Gasteiger partial charge < -0.3 is 10.4 Å². The first-order valence-electron chi connectivity index (χ1n) is 7.16. The molecule has 2 N–H and O–H groups in total. The van der Waals surface area contributed by atoms with Gasteiger partial charge in [-0.3, -0.25) is 9.59 Å². The highest BCUT2D eigenvalue weighted by Gasteiger charge is 2.28. The Hall–Kier alpha value is -1.88. The van der Waals surface area contributed by atoms with Gasteiger partial charge in [0.05, 0.1) is 10.8 Å². The number of thiophene rings is 1. The van der Waals surface area contributed by atoms with Crippen molar-refractivity contribution < 1.29 is 14.7 Å². The van der Waals surface area contributed by atoms with Gasteiger partial charge in [-0.15, -0.1) is 11.3 Å². The fourth-order valence-electron chi connectivity index (χ4n) is 2.90. The van der Waals surface area contributed by atoms with Crippen molar-refractivity contribution >= 4 is 33.3 Å². The summed E-state index contributed by atoms with van der Waals surface area (Å²) in [6.45, 7) is 0. The van der Waals surface area contributed by atoms with Crippen molar-refractivity contribution in [2.75, 3.05) is 0 Å². The number of amides is 1. The van der Waals surface area contributed by atoms with Crippen molar-refractivity contribution in [2.45, 2.75) is 31.7 Å². The summed E-state index contributed by atoms with van der Waals surface area (Å²) in [7, 11) is 0. The number of carbonyl (C=O) groups is 2. The predicted molar refractivity (Wildman–Crippen MR) is 82.7 cm³/mol. The molecule has 1 heterocycles. The van der Waals surface area contributed by atoms with E-state index < -0.39 is 5.97 Å². The number of rotatable bonds is 3. The Bertz CT molecular complexity index is 646. The molecule has 0 aliphatic heterocycles. The molecule has 1 aromatic carbocycles. The molecular formula is C16H17NO3S. The SMILES string of the molecule is O=C(NC1CCCC(C(=O)O)C1)c1cc2ccccc2s1. The first-order valence-corrected chi connectivity index (χ1v) is 7.97. The highest BCUT2D eigenvalue weighted by atomic mass is 32.1. The molecule has 1 aliphatic carbocycles. The lowest BCUT2D eigenvalue weighted by Gasteiger charge is -2.27. The van der Waals surface area contributed by atoms with E-state index in [0.29, 0.717) is 17.7 Å². The molecule has 2 atom stereocenters. The van der Waals surface area contributed by atoms with Crippen LogP contribution in [0.25, 0.3) is 10.1 Å². The quantitative estimate of drug-likeness (QED) is 0.914. The number of benzene rings is 1. The van der Waals surface area contributed by atoms with Crippen molar-refractivity contribution in [2.24, 2.45) is 5.92 Å². The Morgan fingerprint density at radius 1 is 1.24 bits per heavy atom. The van der Waals surface area contributed by atoms with Gasteiger partial charge in [-0.25, -0.2) is 0 Å². The lowest BCUT2D eigenvalue weighted by atomic mass is 9.86. The standard InChI is InChI=1S/C16H17NO3S/c18-15(14-9-10-4-1-2-7-13(10)21-14)17-12-6-3-5-11(8-12)16(19)20/h1-2,4,7,9,11-12H,3,5-6,8H2,(H,17,18)(H,19,20). The molecule has 21 heavy (non-hydrogen) atoms. The van der Waals surface area contributed by atoms with Crippen LogP contribution in [0.1, 0.15) is 35.4 Å². The van der Waals surface area contributed by atoms with Crippen molar-refractivity contribution in [1.82, 2.24) is 5.32 Å². The van der Waals surface area contributed by atoms with Gasteiger partial charge in [-0.2, -0.15) is 0 Å². The molecular weight excluding hydrogens is 286 g/mol. The van der Waals surface area contributed by atoms with Gasteiger partial charge in [0.2, 0.25) is 0 Å². The summed E-state index contributed by atoms with van der Waals surface area (Å²) in [6, 6.07) is 9.76. The number of carbonyl (C=O) groups excluding carboxylic acids is 1. The van der Waals surface area contributed by atoms with Crippen LogP contribution in [0.2, 0.25) is 0 Å². The molecule has 1 fully saturated rings. The lowest BCUT2D eigenvalue weighted by Crippen LogP contribution is -2.39. The Labute approximate surface area is 126 Å². The molecule has 5 heteroatoms. The second-order valence-corrected chi connectivity index (χ2v) is 6.60. The Balaban J connectivity index is 1.69. The van der Waals surface area contributed by atoms with Crippen LogP contribution in [-0.4, -0.2) is 23.0 Å². The summed E-state index contributed by atoms with van der Waals surface area (Å²) >= 11 is 1.47. The maximum atomic E-state index is 12.3. The maximum absolute atomic E-state index is 12.3. The van der Waals surface area contributed by atoms with E-state index in [-0.39, 0.29) is 17.9 Å². The summed E-state index contributed by atoms with van der Waals surface area (Å²) in [6.07, 6.45) is 2.96. The van der Waals surface area contributed by atoms with E-state index in [1.807, 2.05) is 30.3 Å². The third-order valence-electron chi connectivity index (χ3n) is 4.01. The minimum Gasteiger partial charge on any atom is -0.481 e. The molecule has 0 saturated heterocycles. The third kappa shape index (κ3) is 3.08. The monoisotopic (exact) mass is 303 g/mol. The van der Waals surface area contributed by atoms with Crippen molar-refractivity contribution in [3.05, 3.63) is 35.2 Å². The molecule has 4 nitrogen and oxygen atoms in total. The predicted octanol–water partition coefficient (Wildman–Crippen LogP) is 3.27. The topological polar surface area (TPSA) is 66.4 Å². The van der Waals surface area contributed by atoms with Crippen LogP contribution in [0.15, 0.2) is 30.3 Å². The van der Waals surface area contributed by atoms with Crippen molar-refractivity contribution in [1.29, 1.82) is 0 Å². The van der Waals surface area contributed by atoms with Gasteiger partial charge in [0.15, 0.2) is 0 Å². The number of aliphatic carboxylic acids is 1. The maximum Gasteiger partial charge on any atom is 0.306 e. The molecule has 0 radical (unpaired) electrons. The number of carboxylic acid groups (broad SMARTS) is 1. The normalized spacial score (nSPS) is 22.1. The largest absolute Gasteiger partial charge is 0.481 e. The average molecular weight is 303 g/mol. The van der Waals surface area contributed by atoms with Crippen molar-refractivity contribution in [3.63, 3.8) is 0 Å². The number of fused-ring (bicyclic) bond motifs is 1. The summed E-state index contributed by atoms with van der Waals surface area (Å²) in [5.41, 5.74) is 0. The summed E-state index contributed by atoms with van der Waals surface area (Å²) in [5, 5.41) is 13.2. The van der Waals surface area contributed by atoms with Crippen molar-refractivity contribution in [3.8, 4) is 0 Å². The zero-order valence-electron chi connectivity index (χ0n) is 11.5. The molecule has 3 rings (SSSR count). The van der Waals surface area contributed by atoms with Gasteiger partial charge in [-0.05, 0) is 36.8 Å². The molecule has 1 amide bonds. The summed E-state index contributed by atoms with van der Waals surface area (Å²) in [4.78, 5) is 24.1. The Kier molecular flexibility index (Phi) is 3.92. The molecule has 2 unspecified atom stereocenters. The van der Waals surface area contributed by atoms with E-state index in [9.17, 15) is 9.59 Å². The zero-order chi connectivity index (χ0) is 14.8. The van der Waals surface area contributed by atoms with Gasteiger partial charge in [0.25, 0.3) is 5.91 Å². The number of carboxylic acids is 1. The van der Waals surface area contributed by atoms with Crippen LogP contribution in [0, 0.1) is 5.92 Å². The number of nitrogens with one attached hydrogen (secondary N) is 1. The van der Waals surface area contributed by atoms with Crippen LogP contribution >= 0.6 is 11.3 Å². The van der Waals surface area contributed by atoms with E-state index in [4.69, 9.17) is 5.11 Å². The second kappa shape index (κ2) is 5.85. The van der Waals surface area contributed by atoms with Crippen LogP contribution in [0.5, 0.6) is 0 Å². The van der Waals surface area contributed by atoms with E-state index in [1.165, 1.54) is 11.3 Å². The first kappa shape index (κ1) is 14.1. The molecule has 110 valence electrons. The summed E-state index contributed by atoms with van der Waals surface area (Å²) in [5.74, 6) is -1.17. The van der Waals surface area contributed by atoms with E-state index in [1.54, 1.807) is 0 Å². The zero-order valence-corrected chi connectivity index (χ0v) is 12.4. The van der Waals surface area contributed by atoms with Crippen LogP contribution in [0.4, 0.5) is 0 Å². The summed E-state index contributed by atoms with van der Waals surface area (Å²) < 4.78 is 1.09. The fourth-order valence-corrected chi connectivity index (χ4v) is 3.86. The second-order valence-electron chi connectivity index (χ2n) is 5.52. The average Bonchev–Trinajstić information content (AvgIpc) is 2.91. The molecule has 0 bridgehead atoms. The van der Waals surface area contributed by atoms with Gasteiger partial charge in [-0.1, -0.05) is 24.6 Å². The van der Waals surface area contributed by atoms with Crippen LogP contribution in [-0.2, 0) is 4.79 Å².